The topological polar surface area (TPSA) is 67.5 Å². The molecule has 1 aromatic heterocycles. The number of urea groups is 1. The van der Waals surface area contributed by atoms with Gasteiger partial charge >= 0.3 is 6.03 Å². The molecule has 0 aliphatic heterocycles. The maximum atomic E-state index is 10.4. The van der Waals surface area contributed by atoms with Crippen LogP contribution < -0.4 is 11.2 Å². The van der Waals surface area contributed by atoms with Crippen molar-refractivity contribution < 1.29 is 4.79 Å². The molecule has 16 heavy (non-hydrogen) atoms. The maximum Gasteiger partial charge on any atom is 0.332 e. The van der Waals surface area contributed by atoms with Crippen molar-refractivity contribution in [2.24, 2.45) is 10.8 Å². The molecule has 0 saturated carbocycles. The Labute approximate surface area is 101 Å². The summed E-state index contributed by atoms with van der Waals surface area (Å²) >= 11 is 7.65. The number of thiophene rings is 1. The molecule has 0 aliphatic carbocycles. The van der Waals surface area contributed by atoms with Gasteiger partial charge in [0, 0.05) is 10.1 Å². The summed E-state index contributed by atoms with van der Waals surface area (Å²) in [5.41, 5.74) is 7.00. The summed E-state index contributed by atoms with van der Waals surface area (Å²) in [4.78, 5) is 11.2. The Morgan fingerprint density at radius 2 is 2.25 bits per heavy atom. The van der Waals surface area contributed by atoms with Crippen LogP contribution in [0.2, 0.25) is 5.02 Å². The summed E-state index contributed by atoms with van der Waals surface area (Å²) in [7, 11) is 0. The second-order valence-corrected chi connectivity index (χ2v) is 4.47. The first-order chi connectivity index (χ1) is 7.68. The number of halogens is 1. The fourth-order valence-electron chi connectivity index (χ4n) is 1.27. The fourth-order valence-corrected chi connectivity index (χ4v) is 2.62. The third-order valence-electron chi connectivity index (χ3n) is 1.92. The van der Waals surface area contributed by atoms with E-state index in [-0.39, 0.29) is 0 Å². The molecule has 0 fully saturated rings. The summed E-state index contributed by atoms with van der Waals surface area (Å²) in [6, 6.07) is 7.08. The van der Waals surface area contributed by atoms with Crippen LogP contribution >= 0.6 is 22.9 Å². The molecule has 0 spiro atoms. The molecule has 0 radical (unpaired) electrons. The summed E-state index contributed by atoms with van der Waals surface area (Å²) in [5.74, 6) is 0. The van der Waals surface area contributed by atoms with Crippen LogP contribution in [0.15, 0.2) is 29.4 Å². The summed E-state index contributed by atoms with van der Waals surface area (Å²) < 4.78 is 1.08. The van der Waals surface area contributed by atoms with Crippen LogP contribution in [0.1, 0.15) is 4.88 Å². The molecule has 2 amide bonds. The molecule has 2 rings (SSSR count). The number of benzene rings is 1. The third kappa shape index (κ3) is 2.15. The minimum Gasteiger partial charge on any atom is -0.350 e. The number of nitrogens with zero attached hydrogens (tertiary/aromatic N) is 1. The van der Waals surface area contributed by atoms with Crippen LogP contribution in [0.4, 0.5) is 4.79 Å². The number of hydrazone groups is 1. The van der Waals surface area contributed by atoms with Gasteiger partial charge in [-0.2, -0.15) is 5.10 Å². The van der Waals surface area contributed by atoms with Crippen molar-refractivity contribution >= 4 is 45.3 Å². The predicted molar refractivity (Wildman–Crippen MR) is 67.1 cm³/mol. The number of fused-ring (bicyclic) bond motifs is 1. The lowest BCUT2D eigenvalue weighted by molar-refractivity contribution is 0.249. The number of rotatable bonds is 2. The van der Waals surface area contributed by atoms with E-state index in [1.165, 1.54) is 17.6 Å². The van der Waals surface area contributed by atoms with Gasteiger partial charge in [0.25, 0.3) is 0 Å². The minimum absolute atomic E-state index is 0.635. The number of hydrogen-bond acceptors (Lipinski definition) is 3. The van der Waals surface area contributed by atoms with Gasteiger partial charge in [-0.25, -0.2) is 10.2 Å². The number of nitrogens with one attached hydrogen (secondary N) is 1. The number of carbonyl (C=O) groups is 1. The SMILES string of the molecule is NC(=O)N/N=C/c1sc2ccccc2c1Cl. The number of amides is 2. The van der Waals surface area contributed by atoms with Crippen molar-refractivity contribution in [3.8, 4) is 0 Å². The number of primary amides is 1. The zero-order valence-corrected chi connectivity index (χ0v) is 9.68. The number of carbonyl (C=O) groups excluding carboxylic acids is 1. The highest BCUT2D eigenvalue weighted by molar-refractivity contribution is 7.21. The Morgan fingerprint density at radius 1 is 1.50 bits per heavy atom. The molecule has 2 aromatic rings. The van der Waals surface area contributed by atoms with E-state index in [2.05, 4.69) is 10.5 Å². The van der Waals surface area contributed by atoms with E-state index in [0.29, 0.717) is 5.02 Å². The first-order valence-corrected chi connectivity index (χ1v) is 5.63. The lowest BCUT2D eigenvalue weighted by Crippen LogP contribution is -2.24. The Hall–Kier alpha value is -1.59. The highest BCUT2D eigenvalue weighted by atomic mass is 35.5. The Kier molecular flexibility index (Phi) is 3.07. The maximum absolute atomic E-state index is 10.4. The molecule has 6 heteroatoms. The highest BCUT2D eigenvalue weighted by Crippen LogP contribution is 2.33. The molecule has 0 unspecified atom stereocenters. The van der Waals surface area contributed by atoms with Gasteiger partial charge in [-0.3, -0.25) is 0 Å². The van der Waals surface area contributed by atoms with Crippen molar-refractivity contribution in [3.63, 3.8) is 0 Å². The largest absolute Gasteiger partial charge is 0.350 e. The molecular weight excluding hydrogens is 246 g/mol. The predicted octanol–water partition coefficient (Wildman–Crippen LogP) is 2.56. The van der Waals surface area contributed by atoms with Crippen molar-refractivity contribution in [2.45, 2.75) is 0 Å². The molecule has 82 valence electrons. The van der Waals surface area contributed by atoms with E-state index in [9.17, 15) is 4.79 Å². The normalized spacial score (nSPS) is 11.1. The van der Waals surface area contributed by atoms with Crippen LogP contribution in [-0.4, -0.2) is 12.2 Å². The van der Waals surface area contributed by atoms with E-state index >= 15 is 0 Å². The Morgan fingerprint density at radius 3 is 2.94 bits per heavy atom. The second kappa shape index (κ2) is 4.51. The minimum atomic E-state index is -0.700. The van der Waals surface area contributed by atoms with Gasteiger partial charge in [-0.15, -0.1) is 11.3 Å². The second-order valence-electron chi connectivity index (χ2n) is 3.01. The van der Waals surface area contributed by atoms with Gasteiger partial charge in [0.1, 0.15) is 0 Å². The van der Waals surface area contributed by atoms with Crippen molar-refractivity contribution in [1.82, 2.24) is 5.43 Å². The monoisotopic (exact) mass is 253 g/mol. The van der Waals surface area contributed by atoms with Crippen molar-refractivity contribution in [3.05, 3.63) is 34.2 Å². The molecule has 0 atom stereocenters. The molecule has 1 aromatic carbocycles. The van der Waals surface area contributed by atoms with Crippen LogP contribution in [0.3, 0.4) is 0 Å². The van der Waals surface area contributed by atoms with E-state index < -0.39 is 6.03 Å². The quantitative estimate of drug-likeness (QED) is 0.627. The molecule has 1 heterocycles. The molecule has 4 nitrogen and oxygen atoms in total. The van der Waals surface area contributed by atoms with Gasteiger partial charge < -0.3 is 5.73 Å². The van der Waals surface area contributed by atoms with Crippen LogP contribution in [0.25, 0.3) is 10.1 Å². The van der Waals surface area contributed by atoms with E-state index in [0.717, 1.165) is 15.0 Å². The van der Waals surface area contributed by atoms with Gasteiger partial charge in [0.05, 0.1) is 16.1 Å². The van der Waals surface area contributed by atoms with Crippen LogP contribution in [-0.2, 0) is 0 Å². The van der Waals surface area contributed by atoms with E-state index in [4.69, 9.17) is 17.3 Å². The first kappa shape index (κ1) is 10.9. The first-order valence-electron chi connectivity index (χ1n) is 4.44. The van der Waals surface area contributed by atoms with Gasteiger partial charge in [0.15, 0.2) is 0 Å². The van der Waals surface area contributed by atoms with Gasteiger partial charge in [0.2, 0.25) is 0 Å². The average Bonchev–Trinajstić information content (AvgIpc) is 2.56. The highest BCUT2D eigenvalue weighted by Gasteiger charge is 2.07. The van der Waals surface area contributed by atoms with Crippen LogP contribution in [0.5, 0.6) is 0 Å². The van der Waals surface area contributed by atoms with Gasteiger partial charge in [-0.05, 0) is 6.07 Å². The smallest absolute Gasteiger partial charge is 0.332 e. The fraction of sp³-hybridized carbons (Fsp3) is 0. The lowest BCUT2D eigenvalue weighted by atomic mass is 10.2. The summed E-state index contributed by atoms with van der Waals surface area (Å²) in [6.45, 7) is 0. The lowest BCUT2D eigenvalue weighted by Gasteiger charge is -1.90. The third-order valence-corrected chi connectivity index (χ3v) is 3.54. The Balaban J connectivity index is 2.34. The zero-order chi connectivity index (χ0) is 11.5. The molecule has 3 N–H and O–H groups in total. The summed E-state index contributed by atoms with van der Waals surface area (Å²) in [6.07, 6.45) is 1.48. The average molecular weight is 254 g/mol. The van der Waals surface area contributed by atoms with E-state index in [1.807, 2.05) is 24.3 Å². The Bertz CT molecular complexity index is 564. The summed E-state index contributed by atoms with van der Waals surface area (Å²) in [5, 5.41) is 5.29. The van der Waals surface area contributed by atoms with Gasteiger partial charge in [-0.1, -0.05) is 29.8 Å². The molecule has 0 saturated heterocycles. The molecule has 0 aliphatic rings. The number of hydrogen-bond donors (Lipinski definition) is 2. The van der Waals surface area contributed by atoms with Crippen molar-refractivity contribution in [1.29, 1.82) is 0 Å². The van der Waals surface area contributed by atoms with Crippen molar-refractivity contribution in [2.75, 3.05) is 0 Å². The standard InChI is InChI=1S/C10H8ClN3OS/c11-9-6-3-1-2-4-7(6)16-8(9)5-13-14-10(12)15/h1-5H,(H3,12,14,15)/b13-5+. The van der Waals surface area contributed by atoms with E-state index in [1.54, 1.807) is 0 Å². The van der Waals surface area contributed by atoms with Crippen LogP contribution in [0, 0.1) is 0 Å². The number of nitrogens with two attached hydrogens (primary N) is 1. The molecular formula is C10H8ClN3OS. The zero-order valence-electron chi connectivity index (χ0n) is 8.11. The molecule has 0 bridgehead atoms.